The lowest BCUT2D eigenvalue weighted by Gasteiger charge is -2.29. The SMILES string of the molecule is CC(C(=O)NCc1ccco1)N(Cc1ccc(Cl)cc1)C(=O)CCc1ccc(S(=O)(=O)NC2CC2)cc1. The number of carbonyl (C=O) groups is 2. The third-order valence-electron chi connectivity index (χ3n) is 6.21. The highest BCUT2D eigenvalue weighted by Crippen LogP contribution is 2.22. The van der Waals surface area contributed by atoms with Crippen LogP contribution in [0.25, 0.3) is 0 Å². The number of furan rings is 1. The van der Waals surface area contributed by atoms with Crippen LogP contribution in [0.2, 0.25) is 5.02 Å². The van der Waals surface area contributed by atoms with Crippen molar-refractivity contribution in [3.05, 3.63) is 88.8 Å². The first-order valence-electron chi connectivity index (χ1n) is 12.2. The fourth-order valence-corrected chi connectivity index (χ4v) is 5.25. The fraction of sp³-hybridized carbons (Fsp3) is 0.333. The van der Waals surface area contributed by atoms with Crippen molar-refractivity contribution in [3.8, 4) is 0 Å². The van der Waals surface area contributed by atoms with Crippen LogP contribution in [0, 0.1) is 0 Å². The molecule has 0 spiro atoms. The van der Waals surface area contributed by atoms with E-state index in [1.807, 2.05) is 12.1 Å². The zero-order valence-electron chi connectivity index (χ0n) is 20.5. The van der Waals surface area contributed by atoms with E-state index in [2.05, 4.69) is 10.0 Å². The number of hydrogen-bond acceptors (Lipinski definition) is 5. The van der Waals surface area contributed by atoms with Gasteiger partial charge in [0.15, 0.2) is 0 Å². The minimum Gasteiger partial charge on any atom is -0.467 e. The highest BCUT2D eigenvalue weighted by molar-refractivity contribution is 7.89. The van der Waals surface area contributed by atoms with Crippen molar-refractivity contribution < 1.29 is 22.4 Å². The second-order valence-corrected chi connectivity index (χ2v) is 11.3. The van der Waals surface area contributed by atoms with Crippen LogP contribution in [0.3, 0.4) is 0 Å². The Hall–Kier alpha value is -3.14. The Labute approximate surface area is 222 Å². The van der Waals surface area contributed by atoms with Gasteiger partial charge in [-0.3, -0.25) is 9.59 Å². The van der Waals surface area contributed by atoms with Gasteiger partial charge in [0.2, 0.25) is 21.8 Å². The predicted octanol–water partition coefficient (Wildman–Crippen LogP) is 4.04. The molecule has 1 saturated carbocycles. The first-order valence-corrected chi connectivity index (χ1v) is 14.0. The number of aryl methyl sites for hydroxylation is 1. The summed E-state index contributed by atoms with van der Waals surface area (Å²) in [5.41, 5.74) is 1.68. The van der Waals surface area contributed by atoms with Crippen LogP contribution in [0.1, 0.15) is 43.1 Å². The van der Waals surface area contributed by atoms with E-state index in [9.17, 15) is 18.0 Å². The van der Waals surface area contributed by atoms with E-state index in [-0.39, 0.29) is 42.3 Å². The minimum atomic E-state index is -3.52. The molecule has 37 heavy (non-hydrogen) atoms. The van der Waals surface area contributed by atoms with E-state index in [4.69, 9.17) is 16.0 Å². The van der Waals surface area contributed by atoms with Gasteiger partial charge in [-0.2, -0.15) is 0 Å². The lowest BCUT2D eigenvalue weighted by molar-refractivity contribution is -0.140. The number of hydrogen-bond donors (Lipinski definition) is 2. The van der Waals surface area contributed by atoms with Gasteiger partial charge in [-0.25, -0.2) is 13.1 Å². The van der Waals surface area contributed by atoms with Gasteiger partial charge in [0, 0.05) is 24.0 Å². The van der Waals surface area contributed by atoms with Crippen LogP contribution < -0.4 is 10.0 Å². The van der Waals surface area contributed by atoms with Crippen molar-refractivity contribution in [2.45, 2.75) is 62.7 Å². The normalized spacial score (nSPS) is 14.2. The van der Waals surface area contributed by atoms with Crippen LogP contribution in [0.4, 0.5) is 0 Å². The largest absolute Gasteiger partial charge is 0.467 e. The molecule has 4 rings (SSSR count). The van der Waals surface area contributed by atoms with E-state index in [1.54, 1.807) is 60.4 Å². The summed E-state index contributed by atoms with van der Waals surface area (Å²) in [6.45, 7) is 2.16. The Kier molecular flexibility index (Phi) is 8.68. The third-order valence-corrected chi connectivity index (χ3v) is 8.00. The first-order chi connectivity index (χ1) is 17.7. The number of amides is 2. The summed E-state index contributed by atoms with van der Waals surface area (Å²) >= 11 is 6.00. The van der Waals surface area contributed by atoms with Crippen molar-refractivity contribution in [1.29, 1.82) is 0 Å². The predicted molar refractivity (Wildman–Crippen MR) is 140 cm³/mol. The maximum atomic E-state index is 13.3. The standard InChI is InChI=1S/C27H30ClN3O5S/c1-19(27(33)29-17-24-3-2-16-36-24)31(18-21-4-9-22(28)10-5-21)26(32)15-8-20-6-13-25(14-7-20)37(34,35)30-23-11-12-23/h2-7,9-10,13-14,16,19,23,30H,8,11-12,15,17-18H2,1H3,(H,29,33). The lowest BCUT2D eigenvalue weighted by atomic mass is 10.1. The Morgan fingerprint density at radius 1 is 1.05 bits per heavy atom. The smallest absolute Gasteiger partial charge is 0.242 e. The molecule has 2 N–H and O–H groups in total. The summed E-state index contributed by atoms with van der Waals surface area (Å²) in [5, 5.41) is 3.40. The van der Waals surface area contributed by atoms with E-state index in [1.165, 1.54) is 6.26 Å². The number of nitrogens with zero attached hydrogens (tertiary/aromatic N) is 1. The minimum absolute atomic E-state index is 0.0344. The highest BCUT2D eigenvalue weighted by Gasteiger charge is 2.28. The molecule has 1 aromatic heterocycles. The molecule has 0 aliphatic heterocycles. The Bertz CT molecular complexity index is 1310. The molecule has 1 atom stereocenters. The maximum absolute atomic E-state index is 13.3. The molecule has 196 valence electrons. The number of sulfonamides is 1. The fourth-order valence-electron chi connectivity index (χ4n) is 3.82. The molecule has 0 radical (unpaired) electrons. The van der Waals surface area contributed by atoms with Crippen LogP contribution >= 0.6 is 11.6 Å². The number of benzene rings is 2. The maximum Gasteiger partial charge on any atom is 0.242 e. The topological polar surface area (TPSA) is 109 Å². The van der Waals surface area contributed by atoms with Crippen LogP contribution in [-0.2, 0) is 39.1 Å². The van der Waals surface area contributed by atoms with Gasteiger partial charge in [-0.15, -0.1) is 0 Å². The summed E-state index contributed by atoms with van der Waals surface area (Å²) in [5.74, 6) is 0.132. The summed E-state index contributed by atoms with van der Waals surface area (Å²) in [6.07, 6.45) is 3.84. The van der Waals surface area contributed by atoms with Gasteiger partial charge >= 0.3 is 0 Å². The Morgan fingerprint density at radius 2 is 1.73 bits per heavy atom. The zero-order valence-corrected chi connectivity index (χ0v) is 22.1. The number of nitrogens with one attached hydrogen (secondary N) is 2. The molecule has 10 heteroatoms. The van der Waals surface area contributed by atoms with Gasteiger partial charge in [0.05, 0.1) is 17.7 Å². The van der Waals surface area contributed by atoms with Gasteiger partial charge in [0.1, 0.15) is 11.8 Å². The van der Waals surface area contributed by atoms with E-state index < -0.39 is 16.1 Å². The molecule has 3 aromatic rings. The number of carbonyl (C=O) groups excluding carboxylic acids is 2. The Balaban J connectivity index is 1.41. The summed E-state index contributed by atoms with van der Waals surface area (Å²) < 4.78 is 32.7. The van der Waals surface area contributed by atoms with E-state index in [0.29, 0.717) is 17.2 Å². The molecular weight excluding hydrogens is 514 g/mol. The Morgan fingerprint density at radius 3 is 2.35 bits per heavy atom. The molecule has 2 aromatic carbocycles. The number of rotatable bonds is 12. The third kappa shape index (κ3) is 7.67. The summed E-state index contributed by atoms with van der Waals surface area (Å²) in [4.78, 5) is 28.0. The molecule has 1 unspecified atom stereocenters. The molecule has 8 nitrogen and oxygen atoms in total. The van der Waals surface area contributed by atoms with E-state index >= 15 is 0 Å². The van der Waals surface area contributed by atoms with Crippen molar-refractivity contribution in [3.63, 3.8) is 0 Å². The molecule has 1 heterocycles. The second-order valence-electron chi connectivity index (χ2n) is 9.16. The average molecular weight is 544 g/mol. The lowest BCUT2D eigenvalue weighted by Crippen LogP contribution is -2.47. The molecule has 1 aliphatic rings. The molecule has 0 bridgehead atoms. The molecule has 0 saturated heterocycles. The van der Waals surface area contributed by atoms with Crippen LogP contribution in [-0.4, -0.2) is 37.2 Å². The quantitative estimate of drug-likeness (QED) is 0.358. The first kappa shape index (κ1) is 26.9. The van der Waals surface area contributed by atoms with Gasteiger partial charge in [0.25, 0.3) is 0 Å². The highest BCUT2D eigenvalue weighted by atomic mass is 35.5. The molecule has 2 amide bonds. The van der Waals surface area contributed by atoms with Crippen LogP contribution in [0.5, 0.6) is 0 Å². The van der Waals surface area contributed by atoms with Crippen molar-refractivity contribution in [2.24, 2.45) is 0 Å². The summed E-state index contributed by atoms with van der Waals surface area (Å²) in [7, 11) is -3.52. The monoisotopic (exact) mass is 543 g/mol. The van der Waals surface area contributed by atoms with E-state index in [0.717, 1.165) is 24.0 Å². The molecule has 1 fully saturated rings. The van der Waals surface area contributed by atoms with Crippen LogP contribution in [0.15, 0.2) is 76.2 Å². The molecular formula is C27H30ClN3O5S. The second kappa shape index (κ2) is 11.9. The van der Waals surface area contributed by atoms with Gasteiger partial charge < -0.3 is 14.6 Å². The van der Waals surface area contributed by atoms with Gasteiger partial charge in [-0.1, -0.05) is 35.9 Å². The van der Waals surface area contributed by atoms with Crippen molar-refractivity contribution in [1.82, 2.24) is 14.9 Å². The van der Waals surface area contributed by atoms with Crippen molar-refractivity contribution in [2.75, 3.05) is 0 Å². The van der Waals surface area contributed by atoms with Gasteiger partial charge in [-0.05, 0) is 73.7 Å². The number of halogens is 1. The van der Waals surface area contributed by atoms with Crippen molar-refractivity contribution >= 4 is 33.4 Å². The zero-order chi connectivity index (χ0) is 26.4. The molecule has 1 aliphatic carbocycles. The summed E-state index contributed by atoms with van der Waals surface area (Å²) in [6, 6.07) is 16.5. The average Bonchev–Trinajstić information content (AvgIpc) is 3.53.